The van der Waals surface area contributed by atoms with E-state index in [1.165, 1.54) is 5.56 Å². The molecule has 0 saturated heterocycles. The lowest BCUT2D eigenvalue weighted by Gasteiger charge is -2.08. The standard InChI is InChI=1S/C14H20O3/c1-3-17-14(16)13-8-6-12(7-9-13)5-4-11(2)10-15/h6-9,11,15H,3-5,10H2,1-2H3. The van der Waals surface area contributed by atoms with Crippen molar-refractivity contribution in [2.45, 2.75) is 26.7 Å². The maximum absolute atomic E-state index is 11.4. The van der Waals surface area contributed by atoms with Crippen LogP contribution in [0.25, 0.3) is 0 Å². The summed E-state index contributed by atoms with van der Waals surface area (Å²) in [6.45, 7) is 4.44. The van der Waals surface area contributed by atoms with Gasteiger partial charge in [0.05, 0.1) is 12.2 Å². The Morgan fingerprint density at radius 1 is 1.35 bits per heavy atom. The molecule has 1 unspecified atom stereocenters. The summed E-state index contributed by atoms with van der Waals surface area (Å²) in [6.07, 6.45) is 1.88. The highest BCUT2D eigenvalue weighted by Gasteiger charge is 2.06. The zero-order chi connectivity index (χ0) is 12.7. The number of aliphatic hydroxyl groups excluding tert-OH is 1. The maximum Gasteiger partial charge on any atom is 0.338 e. The maximum atomic E-state index is 11.4. The number of hydrogen-bond acceptors (Lipinski definition) is 3. The molecule has 0 saturated carbocycles. The minimum Gasteiger partial charge on any atom is -0.462 e. The van der Waals surface area contributed by atoms with Crippen LogP contribution in [0.4, 0.5) is 0 Å². The smallest absolute Gasteiger partial charge is 0.338 e. The quantitative estimate of drug-likeness (QED) is 0.772. The number of rotatable bonds is 6. The van der Waals surface area contributed by atoms with E-state index in [-0.39, 0.29) is 12.6 Å². The molecule has 0 aromatic heterocycles. The van der Waals surface area contributed by atoms with Crippen LogP contribution >= 0.6 is 0 Å². The van der Waals surface area contributed by atoms with Crippen molar-refractivity contribution in [3.63, 3.8) is 0 Å². The van der Waals surface area contributed by atoms with Gasteiger partial charge in [0.25, 0.3) is 0 Å². The zero-order valence-electron chi connectivity index (χ0n) is 10.5. The van der Waals surface area contributed by atoms with Gasteiger partial charge in [0.2, 0.25) is 0 Å². The third kappa shape index (κ3) is 4.57. The van der Waals surface area contributed by atoms with Gasteiger partial charge in [-0.2, -0.15) is 0 Å². The predicted octanol–water partition coefficient (Wildman–Crippen LogP) is 2.42. The Bertz CT molecular complexity index is 343. The summed E-state index contributed by atoms with van der Waals surface area (Å²) in [6, 6.07) is 7.46. The molecule has 17 heavy (non-hydrogen) atoms. The van der Waals surface area contributed by atoms with Gasteiger partial charge in [-0.1, -0.05) is 19.1 Å². The van der Waals surface area contributed by atoms with Gasteiger partial charge >= 0.3 is 5.97 Å². The molecule has 1 N–H and O–H groups in total. The van der Waals surface area contributed by atoms with Crippen LogP contribution in [0.2, 0.25) is 0 Å². The molecule has 1 aromatic carbocycles. The van der Waals surface area contributed by atoms with Crippen LogP contribution < -0.4 is 0 Å². The van der Waals surface area contributed by atoms with Crippen LogP contribution in [-0.2, 0) is 11.2 Å². The molecule has 0 aliphatic heterocycles. The van der Waals surface area contributed by atoms with Crippen molar-refractivity contribution < 1.29 is 14.6 Å². The van der Waals surface area contributed by atoms with Crippen molar-refractivity contribution in [1.29, 1.82) is 0 Å². The Kier molecular flexibility index (Phi) is 5.70. The van der Waals surface area contributed by atoms with E-state index in [9.17, 15) is 4.79 Å². The van der Waals surface area contributed by atoms with Crippen LogP contribution in [0.3, 0.4) is 0 Å². The summed E-state index contributed by atoms with van der Waals surface area (Å²) < 4.78 is 4.91. The van der Waals surface area contributed by atoms with Crippen LogP contribution in [0, 0.1) is 5.92 Å². The van der Waals surface area contributed by atoms with Gasteiger partial charge in [0.1, 0.15) is 0 Å². The molecule has 0 aliphatic rings. The summed E-state index contributed by atoms with van der Waals surface area (Å²) in [7, 11) is 0. The normalized spacial score (nSPS) is 12.2. The lowest BCUT2D eigenvalue weighted by Crippen LogP contribution is -2.05. The van der Waals surface area contributed by atoms with Crippen molar-refractivity contribution in [3.05, 3.63) is 35.4 Å². The lowest BCUT2D eigenvalue weighted by atomic mass is 10.0. The first kappa shape index (κ1) is 13.7. The SMILES string of the molecule is CCOC(=O)c1ccc(CCC(C)CO)cc1. The first-order valence-electron chi connectivity index (χ1n) is 6.04. The molecule has 3 heteroatoms. The van der Waals surface area contributed by atoms with Crippen LogP contribution in [-0.4, -0.2) is 24.3 Å². The molecule has 1 rings (SSSR count). The van der Waals surface area contributed by atoms with E-state index in [4.69, 9.17) is 9.84 Å². The van der Waals surface area contributed by atoms with Gasteiger partial charge in [-0.25, -0.2) is 4.79 Å². The predicted molar refractivity (Wildman–Crippen MR) is 67.0 cm³/mol. The number of ether oxygens (including phenoxy) is 1. The van der Waals surface area contributed by atoms with Crippen molar-refractivity contribution in [1.82, 2.24) is 0 Å². The minimum atomic E-state index is -0.275. The summed E-state index contributed by atoms with van der Waals surface area (Å²) in [5.74, 6) is 0.0440. The van der Waals surface area contributed by atoms with E-state index >= 15 is 0 Å². The number of aliphatic hydroxyl groups is 1. The van der Waals surface area contributed by atoms with Gasteiger partial charge in [0, 0.05) is 6.61 Å². The van der Waals surface area contributed by atoms with Crippen molar-refractivity contribution in [2.75, 3.05) is 13.2 Å². The van der Waals surface area contributed by atoms with Crippen LogP contribution in [0.5, 0.6) is 0 Å². The Labute approximate surface area is 102 Å². The fraction of sp³-hybridized carbons (Fsp3) is 0.500. The van der Waals surface area contributed by atoms with Crippen LogP contribution in [0.15, 0.2) is 24.3 Å². The molecule has 94 valence electrons. The first-order valence-corrected chi connectivity index (χ1v) is 6.04. The fourth-order valence-electron chi connectivity index (χ4n) is 1.53. The summed E-state index contributed by atoms with van der Waals surface area (Å²) >= 11 is 0. The second kappa shape index (κ2) is 7.07. The number of esters is 1. The van der Waals surface area contributed by atoms with Crippen molar-refractivity contribution >= 4 is 5.97 Å². The number of benzene rings is 1. The zero-order valence-corrected chi connectivity index (χ0v) is 10.5. The van der Waals surface area contributed by atoms with Gasteiger partial charge in [-0.15, -0.1) is 0 Å². The average Bonchev–Trinajstić information content (AvgIpc) is 2.36. The molecule has 1 atom stereocenters. The molecular formula is C14H20O3. The van der Waals surface area contributed by atoms with E-state index in [2.05, 4.69) is 0 Å². The number of aryl methyl sites for hydroxylation is 1. The Morgan fingerprint density at radius 3 is 2.53 bits per heavy atom. The molecule has 0 bridgehead atoms. The van der Waals surface area contributed by atoms with E-state index in [0.717, 1.165) is 12.8 Å². The van der Waals surface area contributed by atoms with Gasteiger partial charge < -0.3 is 9.84 Å². The highest BCUT2D eigenvalue weighted by Crippen LogP contribution is 2.11. The largest absolute Gasteiger partial charge is 0.462 e. The lowest BCUT2D eigenvalue weighted by molar-refractivity contribution is 0.0526. The monoisotopic (exact) mass is 236 g/mol. The number of carbonyl (C=O) groups excluding carboxylic acids is 1. The van der Waals surface area contributed by atoms with Gasteiger partial charge in [-0.05, 0) is 43.4 Å². The Balaban J connectivity index is 2.53. The van der Waals surface area contributed by atoms with E-state index < -0.39 is 0 Å². The molecule has 1 aromatic rings. The van der Waals surface area contributed by atoms with Crippen molar-refractivity contribution in [2.24, 2.45) is 5.92 Å². The second-order valence-electron chi connectivity index (χ2n) is 4.24. The highest BCUT2D eigenvalue weighted by molar-refractivity contribution is 5.89. The second-order valence-corrected chi connectivity index (χ2v) is 4.24. The molecule has 0 fully saturated rings. The molecule has 0 aliphatic carbocycles. The molecular weight excluding hydrogens is 216 g/mol. The minimum absolute atomic E-state index is 0.223. The summed E-state index contributed by atoms with van der Waals surface area (Å²) in [5, 5.41) is 8.93. The summed E-state index contributed by atoms with van der Waals surface area (Å²) in [5.41, 5.74) is 1.77. The number of hydrogen-bond donors (Lipinski definition) is 1. The Hall–Kier alpha value is -1.35. The highest BCUT2D eigenvalue weighted by atomic mass is 16.5. The third-order valence-electron chi connectivity index (χ3n) is 2.70. The molecule has 0 radical (unpaired) electrons. The fourth-order valence-corrected chi connectivity index (χ4v) is 1.53. The van der Waals surface area contributed by atoms with Crippen LogP contribution in [0.1, 0.15) is 36.2 Å². The van der Waals surface area contributed by atoms with E-state index in [0.29, 0.717) is 18.1 Å². The summed E-state index contributed by atoms with van der Waals surface area (Å²) in [4.78, 5) is 11.4. The first-order chi connectivity index (χ1) is 8.17. The Morgan fingerprint density at radius 2 is 2.00 bits per heavy atom. The van der Waals surface area contributed by atoms with E-state index in [1.807, 2.05) is 19.1 Å². The van der Waals surface area contributed by atoms with E-state index in [1.54, 1.807) is 19.1 Å². The molecule has 0 spiro atoms. The van der Waals surface area contributed by atoms with Gasteiger partial charge in [-0.3, -0.25) is 0 Å². The molecule has 3 nitrogen and oxygen atoms in total. The molecule has 0 heterocycles. The average molecular weight is 236 g/mol. The van der Waals surface area contributed by atoms with Gasteiger partial charge in [0.15, 0.2) is 0 Å². The number of carbonyl (C=O) groups is 1. The van der Waals surface area contributed by atoms with Crippen molar-refractivity contribution in [3.8, 4) is 0 Å². The topological polar surface area (TPSA) is 46.5 Å². The molecule has 0 amide bonds. The third-order valence-corrected chi connectivity index (χ3v) is 2.70.